The van der Waals surface area contributed by atoms with E-state index in [1.54, 1.807) is 17.0 Å². The third kappa shape index (κ3) is 4.83. The van der Waals surface area contributed by atoms with Crippen LogP contribution in [0.25, 0.3) is 11.1 Å². The molecule has 0 saturated carbocycles. The van der Waals surface area contributed by atoms with Crippen LogP contribution in [0.3, 0.4) is 0 Å². The molecule has 0 amide bonds. The second-order valence-corrected chi connectivity index (χ2v) is 7.01. The van der Waals surface area contributed by atoms with Crippen molar-refractivity contribution < 1.29 is 5.11 Å². The molecule has 3 rings (SSSR count). The Morgan fingerprint density at radius 3 is 2.37 bits per heavy atom. The Kier molecular flexibility index (Phi) is 6.04. The molecule has 0 aliphatic carbocycles. The zero-order valence-electron chi connectivity index (χ0n) is 15.7. The van der Waals surface area contributed by atoms with Gasteiger partial charge in [-0.05, 0) is 22.6 Å². The fourth-order valence-electron chi connectivity index (χ4n) is 2.95. The highest BCUT2D eigenvalue weighted by Gasteiger charge is 2.11. The molecule has 1 unspecified atom stereocenters. The standard InChI is InChI=1S/C22H25N3O2/c1-16(2)15-25-13-12-23-21(22(25)27)24-14-20(26)19-10-8-18(9-11-19)17-6-4-3-5-7-17/h3-13,16,20,26H,14-15H2,1-2H3,(H,23,24). The number of nitrogens with one attached hydrogen (secondary N) is 1. The Morgan fingerprint density at radius 1 is 1.04 bits per heavy atom. The molecule has 5 heteroatoms. The molecule has 27 heavy (non-hydrogen) atoms. The van der Waals surface area contributed by atoms with Crippen molar-refractivity contribution in [1.82, 2.24) is 9.55 Å². The van der Waals surface area contributed by atoms with Gasteiger partial charge in [-0.15, -0.1) is 0 Å². The summed E-state index contributed by atoms with van der Waals surface area (Å²) in [5.41, 5.74) is 2.86. The van der Waals surface area contributed by atoms with E-state index in [9.17, 15) is 9.90 Å². The van der Waals surface area contributed by atoms with Gasteiger partial charge in [0.1, 0.15) is 0 Å². The molecule has 2 N–H and O–H groups in total. The first-order chi connectivity index (χ1) is 13.0. The van der Waals surface area contributed by atoms with Crippen LogP contribution in [0.4, 0.5) is 5.82 Å². The van der Waals surface area contributed by atoms with Gasteiger partial charge in [-0.3, -0.25) is 4.79 Å². The van der Waals surface area contributed by atoms with Gasteiger partial charge in [0.15, 0.2) is 5.82 Å². The highest BCUT2D eigenvalue weighted by atomic mass is 16.3. The Balaban J connectivity index is 1.66. The normalized spacial score (nSPS) is 12.1. The molecule has 1 aromatic heterocycles. The SMILES string of the molecule is CC(C)Cn1ccnc(NCC(O)c2ccc(-c3ccccc3)cc2)c1=O. The molecule has 1 atom stereocenters. The molecule has 2 aromatic carbocycles. The molecule has 5 nitrogen and oxygen atoms in total. The zero-order valence-corrected chi connectivity index (χ0v) is 15.7. The van der Waals surface area contributed by atoms with Gasteiger partial charge in [-0.2, -0.15) is 0 Å². The third-order valence-electron chi connectivity index (χ3n) is 4.34. The van der Waals surface area contributed by atoms with Crippen LogP contribution in [0.1, 0.15) is 25.5 Å². The van der Waals surface area contributed by atoms with Crippen LogP contribution in [-0.2, 0) is 6.54 Å². The largest absolute Gasteiger partial charge is 0.387 e. The lowest BCUT2D eigenvalue weighted by Crippen LogP contribution is -2.27. The van der Waals surface area contributed by atoms with Crippen LogP contribution in [0.5, 0.6) is 0 Å². The number of aromatic nitrogens is 2. The Labute approximate surface area is 159 Å². The average Bonchev–Trinajstić information content (AvgIpc) is 2.69. The highest BCUT2D eigenvalue weighted by molar-refractivity contribution is 5.63. The minimum absolute atomic E-state index is 0.169. The predicted molar refractivity (Wildman–Crippen MR) is 109 cm³/mol. The molecule has 0 aliphatic rings. The first-order valence-electron chi connectivity index (χ1n) is 9.17. The molecule has 140 valence electrons. The summed E-state index contributed by atoms with van der Waals surface area (Å²) in [5, 5.41) is 13.4. The van der Waals surface area contributed by atoms with Crippen LogP contribution in [0.2, 0.25) is 0 Å². The molecule has 0 fully saturated rings. The maximum Gasteiger partial charge on any atom is 0.293 e. The summed E-state index contributed by atoms with van der Waals surface area (Å²) in [6.45, 7) is 4.98. The average molecular weight is 363 g/mol. The topological polar surface area (TPSA) is 67.2 Å². The van der Waals surface area contributed by atoms with Gasteiger partial charge in [-0.1, -0.05) is 68.4 Å². The summed E-state index contributed by atoms with van der Waals surface area (Å²) in [5.74, 6) is 0.629. The number of nitrogens with zero attached hydrogens (tertiary/aromatic N) is 2. The first kappa shape index (κ1) is 18.9. The monoisotopic (exact) mass is 363 g/mol. The van der Waals surface area contributed by atoms with E-state index in [1.165, 1.54) is 0 Å². The van der Waals surface area contributed by atoms with Gasteiger partial charge in [0.05, 0.1) is 6.10 Å². The summed E-state index contributed by atoms with van der Waals surface area (Å²) in [6.07, 6.45) is 2.56. The van der Waals surface area contributed by atoms with Crippen molar-refractivity contribution in [3.63, 3.8) is 0 Å². The van der Waals surface area contributed by atoms with Gasteiger partial charge < -0.3 is 15.0 Å². The van der Waals surface area contributed by atoms with Crippen molar-refractivity contribution in [2.75, 3.05) is 11.9 Å². The van der Waals surface area contributed by atoms with Crippen molar-refractivity contribution in [3.8, 4) is 11.1 Å². The maximum absolute atomic E-state index is 12.4. The lowest BCUT2D eigenvalue weighted by molar-refractivity contribution is 0.191. The van der Waals surface area contributed by atoms with E-state index in [0.29, 0.717) is 12.5 Å². The van der Waals surface area contributed by atoms with Crippen molar-refractivity contribution in [2.45, 2.75) is 26.5 Å². The second-order valence-electron chi connectivity index (χ2n) is 7.01. The quantitative estimate of drug-likeness (QED) is 0.671. The first-order valence-corrected chi connectivity index (χ1v) is 9.17. The van der Waals surface area contributed by atoms with Gasteiger partial charge in [0.2, 0.25) is 0 Å². The molecule has 0 bridgehead atoms. The number of hydrogen-bond acceptors (Lipinski definition) is 4. The fourth-order valence-corrected chi connectivity index (χ4v) is 2.95. The van der Waals surface area contributed by atoms with E-state index in [-0.39, 0.29) is 17.9 Å². The Bertz CT molecular complexity index is 918. The number of benzene rings is 2. The molecular weight excluding hydrogens is 338 g/mol. The molecule has 3 aromatic rings. The number of anilines is 1. The van der Waals surface area contributed by atoms with Gasteiger partial charge >= 0.3 is 0 Å². The van der Waals surface area contributed by atoms with Gasteiger partial charge in [0, 0.05) is 25.5 Å². The van der Waals surface area contributed by atoms with Crippen molar-refractivity contribution in [2.24, 2.45) is 5.92 Å². The smallest absolute Gasteiger partial charge is 0.293 e. The summed E-state index contributed by atoms with van der Waals surface area (Å²) in [4.78, 5) is 16.5. The summed E-state index contributed by atoms with van der Waals surface area (Å²) >= 11 is 0. The minimum Gasteiger partial charge on any atom is -0.387 e. The van der Waals surface area contributed by atoms with E-state index in [2.05, 4.69) is 36.3 Å². The van der Waals surface area contributed by atoms with Crippen LogP contribution >= 0.6 is 0 Å². The highest BCUT2D eigenvalue weighted by Crippen LogP contribution is 2.21. The maximum atomic E-state index is 12.4. The molecule has 0 aliphatic heterocycles. The molecule has 0 saturated heterocycles. The summed E-state index contributed by atoms with van der Waals surface area (Å²) < 4.78 is 1.64. The molecular formula is C22H25N3O2. The lowest BCUT2D eigenvalue weighted by Gasteiger charge is -2.14. The molecule has 0 radical (unpaired) electrons. The van der Waals surface area contributed by atoms with Crippen molar-refractivity contribution in [3.05, 3.63) is 82.9 Å². The number of aliphatic hydroxyl groups excluding tert-OH is 1. The lowest BCUT2D eigenvalue weighted by atomic mass is 10.0. The Morgan fingerprint density at radius 2 is 1.70 bits per heavy atom. The van der Waals surface area contributed by atoms with Crippen LogP contribution in [0.15, 0.2) is 71.8 Å². The van der Waals surface area contributed by atoms with Crippen LogP contribution in [-0.4, -0.2) is 21.2 Å². The van der Waals surface area contributed by atoms with E-state index >= 15 is 0 Å². The predicted octanol–water partition coefficient (Wildman–Crippen LogP) is 3.71. The van der Waals surface area contributed by atoms with Gasteiger partial charge in [-0.25, -0.2) is 4.98 Å². The van der Waals surface area contributed by atoms with E-state index < -0.39 is 6.10 Å². The van der Waals surface area contributed by atoms with Crippen LogP contribution in [0, 0.1) is 5.92 Å². The van der Waals surface area contributed by atoms with Crippen LogP contribution < -0.4 is 10.9 Å². The van der Waals surface area contributed by atoms with Gasteiger partial charge in [0.25, 0.3) is 5.56 Å². The minimum atomic E-state index is -0.727. The summed E-state index contributed by atoms with van der Waals surface area (Å²) in [6, 6.07) is 17.9. The molecule has 1 heterocycles. The van der Waals surface area contributed by atoms with E-state index in [4.69, 9.17) is 0 Å². The number of aliphatic hydroxyl groups is 1. The van der Waals surface area contributed by atoms with Crippen molar-refractivity contribution in [1.29, 1.82) is 0 Å². The zero-order chi connectivity index (χ0) is 19.2. The fraction of sp³-hybridized carbons (Fsp3) is 0.273. The Hall–Kier alpha value is -2.92. The third-order valence-corrected chi connectivity index (χ3v) is 4.34. The number of hydrogen-bond donors (Lipinski definition) is 2. The second kappa shape index (κ2) is 8.64. The summed E-state index contributed by atoms with van der Waals surface area (Å²) in [7, 11) is 0. The molecule has 0 spiro atoms. The van der Waals surface area contributed by atoms with E-state index in [1.807, 2.05) is 42.5 Å². The van der Waals surface area contributed by atoms with E-state index in [0.717, 1.165) is 16.7 Å². The number of rotatable bonds is 7. The van der Waals surface area contributed by atoms with Crippen molar-refractivity contribution >= 4 is 5.82 Å².